The van der Waals surface area contributed by atoms with Gasteiger partial charge in [0.15, 0.2) is 0 Å². The van der Waals surface area contributed by atoms with Crippen molar-refractivity contribution in [3.05, 3.63) is 53.6 Å². The number of phenols is 1. The molecule has 0 amide bonds. The molecule has 0 radical (unpaired) electrons. The molecule has 0 aliphatic carbocycles. The van der Waals surface area contributed by atoms with E-state index in [-0.39, 0.29) is 40.0 Å². The normalized spacial score (nSPS) is 11.9. The molecule has 0 bridgehead atoms. The number of rotatable bonds is 5. The van der Waals surface area contributed by atoms with Gasteiger partial charge in [-0.15, -0.1) is 0 Å². The average Bonchev–Trinajstić information content (AvgIpc) is 2.48. The van der Waals surface area contributed by atoms with Crippen molar-refractivity contribution in [1.82, 2.24) is 4.83 Å². The summed E-state index contributed by atoms with van der Waals surface area (Å²) in [7, 11) is -8.47. The first-order valence-corrected chi connectivity index (χ1v) is 9.44. The van der Waals surface area contributed by atoms with Crippen molar-refractivity contribution in [2.24, 2.45) is 5.10 Å². The molecule has 25 heavy (non-hydrogen) atoms. The first kappa shape index (κ1) is 21.6. The molecule has 0 unspecified atom stereocenters. The Morgan fingerprint density at radius 3 is 2.20 bits per heavy atom. The van der Waals surface area contributed by atoms with Crippen molar-refractivity contribution in [3.63, 3.8) is 0 Å². The molecule has 0 aromatic heterocycles. The average molecular weight is 393 g/mol. The van der Waals surface area contributed by atoms with Gasteiger partial charge >= 0.3 is 29.6 Å². The van der Waals surface area contributed by atoms with Gasteiger partial charge in [-0.1, -0.05) is 17.7 Å². The van der Waals surface area contributed by atoms with Gasteiger partial charge in [0.1, 0.15) is 10.6 Å². The second-order valence-corrected chi connectivity index (χ2v) is 7.92. The summed E-state index contributed by atoms with van der Waals surface area (Å²) in [6.07, 6.45) is 1.04. The van der Waals surface area contributed by atoms with E-state index < -0.39 is 30.8 Å². The molecule has 2 aromatic rings. The fourth-order valence-corrected chi connectivity index (χ4v) is 3.17. The van der Waals surface area contributed by atoms with Crippen LogP contribution in [0.4, 0.5) is 0 Å². The van der Waals surface area contributed by atoms with Crippen LogP contribution in [0.3, 0.4) is 0 Å². The molecule has 0 saturated heterocycles. The Balaban J connectivity index is 0.00000312. The number of sulfonamides is 1. The molecule has 0 saturated carbocycles. The molecule has 0 atom stereocenters. The number of hydrogen-bond donors (Lipinski definition) is 3. The number of phenolic OH excluding ortho intramolecular Hbond substituents is 1. The Bertz CT molecular complexity index is 986. The van der Waals surface area contributed by atoms with Crippen LogP contribution in [0.2, 0.25) is 0 Å². The van der Waals surface area contributed by atoms with Gasteiger partial charge in [-0.2, -0.15) is 21.9 Å². The summed E-state index contributed by atoms with van der Waals surface area (Å²) in [6.45, 7) is 1.82. The topological polar surface area (TPSA) is 133 Å². The zero-order valence-corrected chi connectivity index (χ0v) is 17.0. The monoisotopic (exact) mass is 393 g/mol. The van der Waals surface area contributed by atoms with Gasteiger partial charge in [0.25, 0.3) is 20.1 Å². The molecule has 11 heteroatoms. The van der Waals surface area contributed by atoms with Gasteiger partial charge in [-0.3, -0.25) is 4.55 Å². The van der Waals surface area contributed by atoms with E-state index in [4.69, 9.17) is 4.55 Å². The Kier molecular flexibility index (Phi) is 7.18. The van der Waals surface area contributed by atoms with Gasteiger partial charge in [0, 0.05) is 0 Å². The standard InChI is InChI=1S/C14H14N2O6S2.Na/c1-10-2-5-12(6-3-10)23(18,19)16-15-9-11-4-7-13(17)14(8-11)24(20,21)22;/h2-9,16-17H,1H3,(H,20,21,22);/q;+1/b15-9+;. The quantitative estimate of drug-likeness (QED) is 0.239. The van der Waals surface area contributed by atoms with Crippen LogP contribution < -0.4 is 34.4 Å². The van der Waals surface area contributed by atoms with Crippen LogP contribution in [0.5, 0.6) is 5.75 Å². The maximum Gasteiger partial charge on any atom is 1.00 e. The zero-order chi connectivity index (χ0) is 18.0. The predicted molar refractivity (Wildman–Crippen MR) is 87.0 cm³/mol. The Morgan fingerprint density at radius 1 is 1.04 bits per heavy atom. The van der Waals surface area contributed by atoms with Crippen LogP contribution in [-0.4, -0.2) is 32.7 Å². The Morgan fingerprint density at radius 2 is 1.64 bits per heavy atom. The van der Waals surface area contributed by atoms with Crippen molar-refractivity contribution >= 4 is 26.4 Å². The van der Waals surface area contributed by atoms with Crippen molar-refractivity contribution < 1.29 is 56.1 Å². The van der Waals surface area contributed by atoms with Crippen LogP contribution >= 0.6 is 0 Å². The summed E-state index contributed by atoms with van der Waals surface area (Å²) < 4.78 is 55.2. The van der Waals surface area contributed by atoms with Gasteiger partial charge in [-0.05, 0) is 42.8 Å². The second kappa shape index (κ2) is 8.30. The Hall–Kier alpha value is -1.43. The molecule has 2 aromatic carbocycles. The first-order valence-electron chi connectivity index (χ1n) is 6.52. The molecule has 0 spiro atoms. The number of aromatic hydroxyl groups is 1. The zero-order valence-electron chi connectivity index (χ0n) is 13.4. The summed E-state index contributed by atoms with van der Waals surface area (Å²) in [5.41, 5.74) is 1.06. The molecule has 2 rings (SSSR count). The minimum absolute atomic E-state index is 0. The molecule has 8 nitrogen and oxygen atoms in total. The van der Waals surface area contributed by atoms with Gasteiger partial charge in [-0.25, -0.2) is 4.83 Å². The largest absolute Gasteiger partial charge is 1.00 e. The fourth-order valence-electron chi connectivity index (χ4n) is 1.76. The Labute approximate surface area is 167 Å². The van der Waals surface area contributed by atoms with Crippen molar-refractivity contribution in [1.29, 1.82) is 0 Å². The van der Waals surface area contributed by atoms with E-state index in [0.29, 0.717) is 0 Å². The van der Waals surface area contributed by atoms with Crippen LogP contribution in [0.1, 0.15) is 11.1 Å². The van der Waals surface area contributed by atoms with Crippen LogP contribution in [0, 0.1) is 6.92 Å². The molecule has 0 heterocycles. The molecule has 3 N–H and O–H groups in total. The van der Waals surface area contributed by atoms with Crippen molar-refractivity contribution in [3.8, 4) is 5.75 Å². The fraction of sp³-hybridized carbons (Fsp3) is 0.0714. The van der Waals surface area contributed by atoms with E-state index in [1.165, 1.54) is 18.2 Å². The molecular weight excluding hydrogens is 379 g/mol. The number of nitrogens with one attached hydrogen (secondary N) is 1. The summed E-state index contributed by atoms with van der Waals surface area (Å²) in [6, 6.07) is 9.41. The number of hydrogen-bond acceptors (Lipinski definition) is 6. The third-order valence-corrected chi connectivity index (χ3v) is 5.10. The van der Waals surface area contributed by atoms with E-state index in [1.807, 2.05) is 11.8 Å². The molecule has 0 aliphatic rings. The summed E-state index contributed by atoms with van der Waals surface area (Å²) in [5, 5.41) is 12.9. The number of benzene rings is 2. The number of nitrogens with zero attached hydrogens (tertiary/aromatic N) is 1. The number of hydrazone groups is 1. The van der Waals surface area contributed by atoms with Crippen LogP contribution in [0.15, 0.2) is 57.4 Å². The van der Waals surface area contributed by atoms with E-state index in [2.05, 4.69) is 5.10 Å². The van der Waals surface area contributed by atoms with E-state index >= 15 is 0 Å². The van der Waals surface area contributed by atoms with Crippen LogP contribution in [0.25, 0.3) is 0 Å². The maximum absolute atomic E-state index is 12.0. The molecular formula is C14H14N2NaO6S2+. The minimum Gasteiger partial charge on any atom is -0.506 e. The van der Waals surface area contributed by atoms with Crippen molar-refractivity contribution in [2.75, 3.05) is 0 Å². The molecule has 0 fully saturated rings. The minimum atomic E-state index is -4.61. The molecule has 0 aliphatic heterocycles. The van der Waals surface area contributed by atoms with Crippen molar-refractivity contribution in [2.45, 2.75) is 16.7 Å². The predicted octanol–water partition coefficient (Wildman–Crippen LogP) is -1.74. The summed E-state index contributed by atoms with van der Waals surface area (Å²) in [4.78, 5) is 1.30. The third-order valence-electron chi connectivity index (χ3n) is 2.98. The van der Waals surface area contributed by atoms with Gasteiger partial charge < -0.3 is 5.11 Å². The number of aryl methyl sites for hydroxylation is 1. The SMILES string of the molecule is Cc1ccc(S(=O)(=O)N/N=C/c2ccc(O)c(S(=O)(=O)O)c2)cc1.[Na+]. The van der Waals surface area contributed by atoms with Crippen LogP contribution in [-0.2, 0) is 20.1 Å². The summed E-state index contributed by atoms with van der Waals surface area (Å²) in [5.74, 6) is -0.630. The molecule has 128 valence electrons. The van der Waals surface area contributed by atoms with E-state index in [1.54, 1.807) is 12.1 Å². The summed E-state index contributed by atoms with van der Waals surface area (Å²) >= 11 is 0. The van der Waals surface area contributed by atoms with Gasteiger partial charge in [0.2, 0.25) is 0 Å². The van der Waals surface area contributed by atoms with Gasteiger partial charge in [0.05, 0.1) is 11.1 Å². The second-order valence-electron chi connectivity index (χ2n) is 4.87. The smallest absolute Gasteiger partial charge is 0.506 e. The third kappa shape index (κ3) is 5.80. The van der Waals surface area contributed by atoms with E-state index in [9.17, 15) is 21.9 Å². The van der Waals surface area contributed by atoms with E-state index in [0.717, 1.165) is 23.9 Å². The maximum atomic E-state index is 12.0. The first-order chi connectivity index (χ1) is 11.1.